The van der Waals surface area contributed by atoms with Gasteiger partial charge in [0.1, 0.15) is 12.4 Å². The fourth-order valence-electron chi connectivity index (χ4n) is 1.73. The first kappa shape index (κ1) is 11.2. The van der Waals surface area contributed by atoms with Crippen molar-refractivity contribution in [2.45, 2.75) is 6.29 Å². The van der Waals surface area contributed by atoms with Crippen LogP contribution in [0.3, 0.4) is 0 Å². The van der Waals surface area contributed by atoms with Crippen LogP contribution in [-0.4, -0.2) is 41.1 Å². The summed E-state index contributed by atoms with van der Waals surface area (Å²) < 4.78 is 17.9. The zero-order valence-corrected chi connectivity index (χ0v) is 9.73. The summed E-state index contributed by atoms with van der Waals surface area (Å²) >= 11 is 0. The van der Waals surface area contributed by atoms with E-state index in [0.29, 0.717) is 19.8 Å². The molecule has 0 N–H and O–H groups in total. The van der Waals surface area contributed by atoms with E-state index in [0.717, 1.165) is 11.4 Å². The van der Waals surface area contributed by atoms with Crippen molar-refractivity contribution in [2.75, 3.05) is 19.8 Å². The smallest absolute Gasteiger partial charge is 0.191 e. The second kappa shape index (κ2) is 5.16. The lowest BCUT2D eigenvalue weighted by Crippen LogP contribution is -2.18. The van der Waals surface area contributed by atoms with Crippen LogP contribution in [0.2, 0.25) is 0 Å². The molecule has 1 aliphatic rings. The SMILES string of the molecule is c1cc(OCC2OCCO2)cc(-n2ccnn2)c1. The summed E-state index contributed by atoms with van der Waals surface area (Å²) in [7, 11) is 0. The van der Waals surface area contributed by atoms with Gasteiger partial charge in [-0.25, -0.2) is 4.68 Å². The molecule has 94 valence electrons. The Morgan fingerprint density at radius 2 is 2.22 bits per heavy atom. The van der Waals surface area contributed by atoms with Gasteiger partial charge in [-0.05, 0) is 12.1 Å². The Labute approximate surface area is 104 Å². The van der Waals surface area contributed by atoms with E-state index in [1.165, 1.54) is 0 Å². The van der Waals surface area contributed by atoms with Crippen LogP contribution >= 0.6 is 0 Å². The Morgan fingerprint density at radius 3 is 3.00 bits per heavy atom. The third kappa shape index (κ3) is 2.49. The van der Waals surface area contributed by atoms with E-state index in [1.54, 1.807) is 17.1 Å². The fraction of sp³-hybridized carbons (Fsp3) is 0.333. The maximum atomic E-state index is 5.62. The number of rotatable bonds is 4. The molecule has 3 rings (SSSR count). The summed E-state index contributed by atoms with van der Waals surface area (Å²) in [6.07, 6.45) is 3.15. The summed E-state index contributed by atoms with van der Waals surface area (Å²) in [5, 5.41) is 7.70. The molecule has 1 aromatic carbocycles. The summed E-state index contributed by atoms with van der Waals surface area (Å²) in [6, 6.07) is 7.62. The standard InChI is InChI=1S/C12H13N3O3/c1-2-10(15-5-4-13-14-15)8-11(3-1)18-9-12-16-6-7-17-12/h1-5,8,12H,6-7,9H2. The van der Waals surface area contributed by atoms with Gasteiger partial charge in [-0.1, -0.05) is 11.3 Å². The molecular formula is C12H13N3O3. The minimum Gasteiger partial charge on any atom is -0.488 e. The fourth-order valence-corrected chi connectivity index (χ4v) is 1.73. The third-order valence-electron chi connectivity index (χ3n) is 2.58. The molecule has 0 bridgehead atoms. The molecule has 2 heterocycles. The van der Waals surface area contributed by atoms with Crippen LogP contribution in [0.5, 0.6) is 5.75 Å². The number of ether oxygens (including phenoxy) is 3. The molecule has 6 heteroatoms. The van der Waals surface area contributed by atoms with Gasteiger partial charge in [-0.3, -0.25) is 0 Å². The highest BCUT2D eigenvalue weighted by Crippen LogP contribution is 2.17. The molecule has 18 heavy (non-hydrogen) atoms. The van der Waals surface area contributed by atoms with Crippen molar-refractivity contribution < 1.29 is 14.2 Å². The highest BCUT2D eigenvalue weighted by molar-refractivity contribution is 5.38. The molecule has 0 atom stereocenters. The van der Waals surface area contributed by atoms with Crippen molar-refractivity contribution in [3.63, 3.8) is 0 Å². The first-order chi connectivity index (χ1) is 8.92. The lowest BCUT2D eigenvalue weighted by molar-refractivity contribution is -0.0684. The van der Waals surface area contributed by atoms with E-state index in [9.17, 15) is 0 Å². The van der Waals surface area contributed by atoms with Gasteiger partial charge < -0.3 is 14.2 Å². The van der Waals surface area contributed by atoms with Crippen LogP contribution in [-0.2, 0) is 9.47 Å². The van der Waals surface area contributed by atoms with E-state index in [4.69, 9.17) is 14.2 Å². The molecule has 0 saturated carbocycles. The van der Waals surface area contributed by atoms with Gasteiger partial charge in [-0.15, -0.1) is 5.10 Å². The predicted octanol–water partition coefficient (Wildman–Crippen LogP) is 1.02. The van der Waals surface area contributed by atoms with Crippen molar-refractivity contribution in [2.24, 2.45) is 0 Å². The van der Waals surface area contributed by atoms with Crippen LogP contribution < -0.4 is 4.74 Å². The number of hydrogen-bond donors (Lipinski definition) is 0. The molecule has 1 aliphatic heterocycles. The van der Waals surface area contributed by atoms with Crippen molar-refractivity contribution in [1.29, 1.82) is 0 Å². The van der Waals surface area contributed by atoms with E-state index >= 15 is 0 Å². The molecule has 6 nitrogen and oxygen atoms in total. The highest BCUT2D eigenvalue weighted by Gasteiger charge is 2.16. The van der Waals surface area contributed by atoms with Crippen molar-refractivity contribution in [3.05, 3.63) is 36.7 Å². The number of benzene rings is 1. The summed E-state index contributed by atoms with van der Waals surface area (Å²) in [6.45, 7) is 1.65. The third-order valence-corrected chi connectivity index (χ3v) is 2.58. The summed E-state index contributed by atoms with van der Waals surface area (Å²) in [5.74, 6) is 0.752. The lowest BCUT2D eigenvalue weighted by atomic mass is 10.3. The molecule has 0 unspecified atom stereocenters. The Morgan fingerprint density at radius 1 is 1.33 bits per heavy atom. The van der Waals surface area contributed by atoms with Crippen molar-refractivity contribution >= 4 is 0 Å². The zero-order chi connectivity index (χ0) is 12.2. The molecule has 1 fully saturated rings. The van der Waals surface area contributed by atoms with E-state index in [-0.39, 0.29) is 6.29 Å². The van der Waals surface area contributed by atoms with Gasteiger partial charge in [0.15, 0.2) is 6.29 Å². The maximum absolute atomic E-state index is 5.62. The quantitative estimate of drug-likeness (QED) is 0.807. The van der Waals surface area contributed by atoms with Crippen molar-refractivity contribution in [3.8, 4) is 11.4 Å². The van der Waals surface area contributed by atoms with E-state index < -0.39 is 0 Å². The summed E-state index contributed by atoms with van der Waals surface area (Å²) in [4.78, 5) is 0. The second-order valence-electron chi connectivity index (χ2n) is 3.83. The zero-order valence-electron chi connectivity index (χ0n) is 9.73. The lowest BCUT2D eigenvalue weighted by Gasteiger charge is -2.11. The van der Waals surface area contributed by atoms with Gasteiger partial charge in [-0.2, -0.15) is 0 Å². The predicted molar refractivity (Wildman–Crippen MR) is 62.5 cm³/mol. The van der Waals surface area contributed by atoms with E-state index in [1.807, 2.05) is 24.3 Å². The number of hydrogen-bond acceptors (Lipinski definition) is 5. The Bertz CT molecular complexity index is 495. The number of nitrogens with zero attached hydrogens (tertiary/aromatic N) is 3. The van der Waals surface area contributed by atoms with Crippen LogP contribution in [0.25, 0.3) is 5.69 Å². The van der Waals surface area contributed by atoms with Crippen LogP contribution in [0.1, 0.15) is 0 Å². The normalized spacial score (nSPS) is 16.0. The molecule has 0 radical (unpaired) electrons. The van der Waals surface area contributed by atoms with Crippen LogP contribution in [0, 0.1) is 0 Å². The first-order valence-electron chi connectivity index (χ1n) is 5.74. The second-order valence-corrected chi connectivity index (χ2v) is 3.83. The summed E-state index contributed by atoms with van der Waals surface area (Å²) in [5.41, 5.74) is 0.901. The first-order valence-corrected chi connectivity index (χ1v) is 5.74. The average molecular weight is 247 g/mol. The molecule has 1 saturated heterocycles. The molecule has 1 aromatic heterocycles. The highest BCUT2D eigenvalue weighted by atomic mass is 16.7. The Hall–Kier alpha value is -1.92. The molecule has 0 aliphatic carbocycles. The Balaban J connectivity index is 1.67. The maximum Gasteiger partial charge on any atom is 0.191 e. The van der Waals surface area contributed by atoms with Crippen molar-refractivity contribution in [1.82, 2.24) is 15.0 Å². The molecular weight excluding hydrogens is 234 g/mol. The molecule has 0 spiro atoms. The topological polar surface area (TPSA) is 58.4 Å². The van der Waals surface area contributed by atoms with Crippen LogP contribution in [0.4, 0.5) is 0 Å². The Kier molecular flexibility index (Phi) is 3.20. The van der Waals surface area contributed by atoms with Crippen LogP contribution in [0.15, 0.2) is 36.7 Å². The number of aromatic nitrogens is 3. The minimum absolute atomic E-state index is 0.264. The van der Waals surface area contributed by atoms with Gasteiger partial charge in [0, 0.05) is 6.07 Å². The molecule has 2 aromatic rings. The van der Waals surface area contributed by atoms with E-state index in [2.05, 4.69) is 10.3 Å². The molecule has 0 amide bonds. The van der Waals surface area contributed by atoms with Gasteiger partial charge in [0.25, 0.3) is 0 Å². The van der Waals surface area contributed by atoms with Gasteiger partial charge >= 0.3 is 0 Å². The monoisotopic (exact) mass is 247 g/mol. The minimum atomic E-state index is -0.264. The van der Waals surface area contributed by atoms with Gasteiger partial charge in [0.05, 0.1) is 31.3 Å². The van der Waals surface area contributed by atoms with Gasteiger partial charge in [0.2, 0.25) is 0 Å². The largest absolute Gasteiger partial charge is 0.488 e. The average Bonchev–Trinajstić information content (AvgIpc) is 3.10.